The van der Waals surface area contributed by atoms with Gasteiger partial charge in [-0.05, 0) is 18.2 Å². The van der Waals surface area contributed by atoms with Crippen LogP contribution in [0.4, 0.5) is 0 Å². The van der Waals surface area contributed by atoms with E-state index in [4.69, 9.17) is 27.9 Å². The molecule has 1 atom stereocenters. The minimum Gasteiger partial charge on any atom is -0.496 e. The summed E-state index contributed by atoms with van der Waals surface area (Å²) < 4.78 is 5.22. The lowest BCUT2D eigenvalue weighted by atomic mass is 10.0. The molecule has 0 saturated heterocycles. The van der Waals surface area contributed by atoms with Crippen molar-refractivity contribution >= 4 is 23.2 Å². The molecule has 2 rings (SSSR count). The molecule has 1 unspecified atom stereocenters. The summed E-state index contributed by atoms with van der Waals surface area (Å²) in [6, 6.07) is 12.3. The molecule has 0 amide bonds. The highest BCUT2D eigenvalue weighted by Gasteiger charge is 2.20. The van der Waals surface area contributed by atoms with Crippen LogP contribution in [0.3, 0.4) is 0 Å². The van der Waals surface area contributed by atoms with Crippen molar-refractivity contribution in [3.8, 4) is 5.75 Å². The van der Waals surface area contributed by atoms with E-state index in [1.54, 1.807) is 30.3 Å². The Labute approximate surface area is 116 Å². The molecule has 0 heterocycles. The normalized spacial score (nSPS) is 12.2. The largest absolute Gasteiger partial charge is 0.496 e. The maximum absolute atomic E-state index is 10.4. The van der Waals surface area contributed by atoms with E-state index in [-0.39, 0.29) is 0 Å². The number of aliphatic hydroxyl groups is 1. The first-order valence-electron chi connectivity index (χ1n) is 5.40. The highest BCUT2D eigenvalue weighted by Crippen LogP contribution is 2.37. The van der Waals surface area contributed by atoms with Gasteiger partial charge in [0.2, 0.25) is 0 Å². The van der Waals surface area contributed by atoms with E-state index in [2.05, 4.69) is 0 Å². The second-order valence-electron chi connectivity index (χ2n) is 3.78. The first-order valence-corrected chi connectivity index (χ1v) is 6.15. The molecule has 2 aromatic carbocycles. The SMILES string of the molecule is COc1cccc(Cl)c1C(O)c1ccccc1Cl. The Morgan fingerprint density at radius 3 is 2.33 bits per heavy atom. The first-order chi connectivity index (χ1) is 8.65. The number of ether oxygens (including phenoxy) is 1. The zero-order valence-corrected chi connectivity index (χ0v) is 11.2. The molecule has 0 radical (unpaired) electrons. The molecule has 2 nitrogen and oxygen atoms in total. The topological polar surface area (TPSA) is 29.5 Å². The van der Waals surface area contributed by atoms with Gasteiger partial charge in [0.25, 0.3) is 0 Å². The summed E-state index contributed by atoms with van der Waals surface area (Å²) in [5, 5.41) is 11.4. The van der Waals surface area contributed by atoms with E-state index in [9.17, 15) is 5.11 Å². The van der Waals surface area contributed by atoms with Crippen molar-refractivity contribution in [2.45, 2.75) is 6.10 Å². The summed E-state index contributed by atoms with van der Waals surface area (Å²) in [5.41, 5.74) is 1.13. The molecule has 0 bridgehead atoms. The van der Waals surface area contributed by atoms with Gasteiger partial charge in [0.15, 0.2) is 0 Å². The molecule has 94 valence electrons. The summed E-state index contributed by atoms with van der Waals surface area (Å²) in [4.78, 5) is 0. The van der Waals surface area contributed by atoms with Crippen molar-refractivity contribution in [3.63, 3.8) is 0 Å². The second kappa shape index (κ2) is 5.61. The minimum atomic E-state index is -0.914. The molecule has 0 aromatic heterocycles. The number of halogens is 2. The van der Waals surface area contributed by atoms with Crippen molar-refractivity contribution in [2.24, 2.45) is 0 Å². The van der Waals surface area contributed by atoms with E-state index in [0.29, 0.717) is 26.9 Å². The van der Waals surface area contributed by atoms with E-state index in [0.717, 1.165) is 0 Å². The zero-order valence-electron chi connectivity index (χ0n) is 9.73. The van der Waals surface area contributed by atoms with Crippen LogP contribution in [-0.2, 0) is 0 Å². The average Bonchev–Trinajstić information content (AvgIpc) is 2.38. The van der Waals surface area contributed by atoms with Crippen LogP contribution < -0.4 is 4.74 Å². The van der Waals surface area contributed by atoms with E-state index in [1.165, 1.54) is 7.11 Å². The quantitative estimate of drug-likeness (QED) is 0.919. The molecule has 4 heteroatoms. The smallest absolute Gasteiger partial charge is 0.126 e. The molecule has 0 aliphatic carbocycles. The lowest BCUT2D eigenvalue weighted by molar-refractivity contribution is 0.215. The number of methoxy groups -OCH3 is 1. The fourth-order valence-corrected chi connectivity index (χ4v) is 2.32. The Hall–Kier alpha value is -1.22. The van der Waals surface area contributed by atoms with Crippen LogP contribution in [0.15, 0.2) is 42.5 Å². The van der Waals surface area contributed by atoms with Crippen LogP contribution >= 0.6 is 23.2 Å². The molecule has 0 aliphatic rings. The Bertz CT molecular complexity index is 555. The molecular formula is C14H12Cl2O2. The Kier molecular flexibility index (Phi) is 4.12. The van der Waals surface area contributed by atoms with Crippen LogP contribution in [0.1, 0.15) is 17.2 Å². The Balaban J connectivity index is 2.52. The van der Waals surface area contributed by atoms with Gasteiger partial charge in [-0.25, -0.2) is 0 Å². The molecule has 18 heavy (non-hydrogen) atoms. The summed E-state index contributed by atoms with van der Waals surface area (Å²) in [7, 11) is 1.54. The molecule has 0 aliphatic heterocycles. The van der Waals surface area contributed by atoms with Gasteiger partial charge in [-0.3, -0.25) is 0 Å². The van der Waals surface area contributed by atoms with Gasteiger partial charge in [-0.1, -0.05) is 47.5 Å². The third kappa shape index (κ3) is 2.46. The summed E-state index contributed by atoms with van der Waals surface area (Å²) in [5.74, 6) is 0.537. The van der Waals surface area contributed by atoms with Gasteiger partial charge < -0.3 is 9.84 Å². The maximum atomic E-state index is 10.4. The summed E-state index contributed by atoms with van der Waals surface area (Å²) in [6.45, 7) is 0. The third-order valence-electron chi connectivity index (χ3n) is 2.71. The van der Waals surface area contributed by atoms with E-state index in [1.807, 2.05) is 12.1 Å². The lowest BCUT2D eigenvalue weighted by Crippen LogP contribution is -2.04. The number of hydrogen-bond donors (Lipinski definition) is 1. The van der Waals surface area contributed by atoms with Crippen molar-refractivity contribution < 1.29 is 9.84 Å². The van der Waals surface area contributed by atoms with Gasteiger partial charge in [-0.2, -0.15) is 0 Å². The van der Waals surface area contributed by atoms with Crippen LogP contribution in [0.5, 0.6) is 5.75 Å². The lowest BCUT2D eigenvalue weighted by Gasteiger charge is -2.17. The van der Waals surface area contributed by atoms with Gasteiger partial charge in [0.05, 0.1) is 12.1 Å². The first kappa shape index (κ1) is 13.2. The highest BCUT2D eigenvalue weighted by molar-refractivity contribution is 6.32. The minimum absolute atomic E-state index is 0.446. The fraction of sp³-hybridized carbons (Fsp3) is 0.143. The molecule has 0 saturated carbocycles. The summed E-state index contributed by atoms with van der Waals surface area (Å²) >= 11 is 12.2. The average molecular weight is 283 g/mol. The number of hydrogen-bond acceptors (Lipinski definition) is 2. The Morgan fingerprint density at radius 2 is 1.67 bits per heavy atom. The van der Waals surface area contributed by atoms with Gasteiger partial charge in [0.1, 0.15) is 11.9 Å². The van der Waals surface area contributed by atoms with Gasteiger partial charge in [-0.15, -0.1) is 0 Å². The number of benzene rings is 2. The molecule has 0 spiro atoms. The van der Waals surface area contributed by atoms with Crippen LogP contribution in [0, 0.1) is 0 Å². The highest BCUT2D eigenvalue weighted by atomic mass is 35.5. The van der Waals surface area contributed by atoms with Gasteiger partial charge in [0, 0.05) is 16.1 Å². The second-order valence-corrected chi connectivity index (χ2v) is 4.59. The van der Waals surface area contributed by atoms with Crippen molar-refractivity contribution in [3.05, 3.63) is 63.6 Å². The third-order valence-corrected chi connectivity index (χ3v) is 3.38. The molecule has 0 fully saturated rings. The van der Waals surface area contributed by atoms with Crippen molar-refractivity contribution in [1.82, 2.24) is 0 Å². The molecular weight excluding hydrogens is 271 g/mol. The zero-order chi connectivity index (χ0) is 13.1. The maximum Gasteiger partial charge on any atom is 0.126 e. The number of aliphatic hydroxyl groups excluding tert-OH is 1. The standard InChI is InChI=1S/C14H12Cl2O2/c1-18-12-8-4-7-11(16)13(12)14(17)9-5-2-3-6-10(9)15/h2-8,14,17H,1H3. The van der Waals surface area contributed by atoms with Crippen molar-refractivity contribution in [1.29, 1.82) is 0 Å². The van der Waals surface area contributed by atoms with Crippen LogP contribution in [0.2, 0.25) is 10.0 Å². The monoisotopic (exact) mass is 282 g/mol. The molecule has 2 aromatic rings. The van der Waals surface area contributed by atoms with E-state index >= 15 is 0 Å². The van der Waals surface area contributed by atoms with Crippen molar-refractivity contribution in [2.75, 3.05) is 7.11 Å². The van der Waals surface area contributed by atoms with Crippen LogP contribution in [-0.4, -0.2) is 12.2 Å². The number of rotatable bonds is 3. The van der Waals surface area contributed by atoms with Gasteiger partial charge >= 0.3 is 0 Å². The predicted octanol–water partition coefficient (Wildman–Crippen LogP) is 4.08. The fourth-order valence-electron chi connectivity index (χ4n) is 1.81. The Morgan fingerprint density at radius 1 is 1.00 bits per heavy atom. The van der Waals surface area contributed by atoms with E-state index < -0.39 is 6.10 Å². The van der Waals surface area contributed by atoms with Crippen LogP contribution in [0.25, 0.3) is 0 Å². The molecule has 1 N–H and O–H groups in total. The predicted molar refractivity (Wildman–Crippen MR) is 73.5 cm³/mol. The summed E-state index contributed by atoms with van der Waals surface area (Å²) in [6.07, 6.45) is -0.914.